The number of carbonyl (C=O) groups is 1. The minimum atomic E-state index is -3.96. The molecule has 3 aromatic rings. The van der Waals surface area contributed by atoms with Crippen LogP contribution in [0.15, 0.2) is 64.9 Å². The highest BCUT2D eigenvalue weighted by molar-refractivity contribution is 7.92. The number of thiophene rings is 1. The lowest BCUT2D eigenvalue weighted by Crippen LogP contribution is -2.15. The third-order valence-corrected chi connectivity index (χ3v) is 6.58. The summed E-state index contributed by atoms with van der Waals surface area (Å²) in [6, 6.07) is 13.2. The summed E-state index contributed by atoms with van der Waals surface area (Å²) in [6.45, 7) is 0. The number of hydrogen-bond acceptors (Lipinski definition) is 5. The van der Waals surface area contributed by atoms with Gasteiger partial charge in [-0.3, -0.25) is 9.52 Å². The molecule has 3 rings (SSSR count). The molecule has 2 aromatic carbocycles. The fourth-order valence-electron chi connectivity index (χ4n) is 2.78. The van der Waals surface area contributed by atoms with Crippen molar-refractivity contribution in [2.75, 3.05) is 17.1 Å². The van der Waals surface area contributed by atoms with E-state index in [1.165, 1.54) is 30.2 Å². The minimum absolute atomic E-state index is 0.0889. The predicted octanol–water partition coefficient (Wildman–Crippen LogP) is 4.66. The van der Waals surface area contributed by atoms with E-state index in [-0.39, 0.29) is 22.2 Å². The summed E-state index contributed by atoms with van der Waals surface area (Å²) in [6.07, 6.45) is 1.89. The van der Waals surface area contributed by atoms with Crippen molar-refractivity contribution in [1.82, 2.24) is 0 Å². The first-order chi connectivity index (χ1) is 14.4. The van der Waals surface area contributed by atoms with Gasteiger partial charge in [0.15, 0.2) is 0 Å². The summed E-state index contributed by atoms with van der Waals surface area (Å²) < 4.78 is 45.9. The molecule has 0 aliphatic heterocycles. The number of benzene rings is 2. The van der Waals surface area contributed by atoms with Crippen LogP contribution < -0.4 is 14.8 Å². The van der Waals surface area contributed by atoms with E-state index in [9.17, 15) is 17.6 Å². The van der Waals surface area contributed by atoms with Crippen molar-refractivity contribution < 1.29 is 22.3 Å². The van der Waals surface area contributed by atoms with Crippen LogP contribution in [-0.4, -0.2) is 21.4 Å². The molecule has 1 amide bonds. The van der Waals surface area contributed by atoms with E-state index in [1.807, 2.05) is 17.5 Å². The smallest absolute Gasteiger partial charge is 0.262 e. The third-order valence-electron chi connectivity index (χ3n) is 4.26. The van der Waals surface area contributed by atoms with Crippen LogP contribution in [0.2, 0.25) is 0 Å². The first-order valence-electron chi connectivity index (χ1n) is 9.16. The first-order valence-corrected chi connectivity index (χ1v) is 11.5. The Morgan fingerprint density at radius 2 is 1.90 bits per heavy atom. The Kier molecular flexibility index (Phi) is 7.07. The zero-order valence-corrected chi connectivity index (χ0v) is 17.9. The van der Waals surface area contributed by atoms with Crippen LogP contribution in [0.4, 0.5) is 15.8 Å². The summed E-state index contributed by atoms with van der Waals surface area (Å²) in [7, 11) is -2.54. The van der Waals surface area contributed by atoms with Crippen molar-refractivity contribution in [2.24, 2.45) is 0 Å². The highest BCUT2D eigenvalue weighted by Crippen LogP contribution is 2.30. The fraction of sp³-hybridized carbons (Fsp3) is 0.190. The molecule has 30 heavy (non-hydrogen) atoms. The Hall–Kier alpha value is -2.91. The maximum atomic E-state index is 13.1. The Morgan fingerprint density at radius 3 is 2.57 bits per heavy atom. The zero-order valence-electron chi connectivity index (χ0n) is 16.2. The number of amides is 1. The largest absolute Gasteiger partial charge is 0.495 e. The van der Waals surface area contributed by atoms with Crippen molar-refractivity contribution in [3.05, 3.63) is 70.7 Å². The molecular formula is C21H21FN2O4S2. The molecule has 1 aromatic heterocycles. The number of hydrogen-bond donors (Lipinski definition) is 2. The Labute approximate surface area is 178 Å². The SMILES string of the molecule is COc1ccc(NC(=O)CCCc2cccs2)cc1NS(=O)(=O)c1ccc(F)cc1. The number of anilines is 2. The monoisotopic (exact) mass is 448 g/mol. The molecule has 158 valence electrons. The molecule has 0 bridgehead atoms. The summed E-state index contributed by atoms with van der Waals surface area (Å²) >= 11 is 1.66. The third kappa shape index (κ3) is 5.80. The summed E-state index contributed by atoms with van der Waals surface area (Å²) in [5.74, 6) is -0.407. The van der Waals surface area contributed by atoms with Crippen LogP contribution in [-0.2, 0) is 21.2 Å². The van der Waals surface area contributed by atoms with E-state index in [4.69, 9.17) is 4.74 Å². The van der Waals surface area contributed by atoms with Crippen molar-refractivity contribution in [3.8, 4) is 5.75 Å². The number of aryl methyl sites for hydroxylation is 1. The Morgan fingerprint density at radius 1 is 1.13 bits per heavy atom. The van der Waals surface area contributed by atoms with E-state index < -0.39 is 15.8 Å². The van der Waals surface area contributed by atoms with E-state index in [0.29, 0.717) is 18.5 Å². The van der Waals surface area contributed by atoms with Gasteiger partial charge in [0.2, 0.25) is 5.91 Å². The maximum Gasteiger partial charge on any atom is 0.262 e. The van der Waals surface area contributed by atoms with Gasteiger partial charge < -0.3 is 10.1 Å². The average Bonchev–Trinajstić information content (AvgIpc) is 3.22. The average molecular weight is 449 g/mol. The number of rotatable bonds is 9. The van der Waals surface area contributed by atoms with Crippen LogP contribution in [0.5, 0.6) is 5.75 Å². The number of ether oxygens (including phenoxy) is 1. The van der Waals surface area contributed by atoms with Gasteiger partial charge in [0, 0.05) is 17.0 Å². The number of nitrogens with one attached hydrogen (secondary N) is 2. The molecule has 0 saturated heterocycles. The van der Waals surface area contributed by atoms with Gasteiger partial charge in [-0.05, 0) is 66.8 Å². The van der Waals surface area contributed by atoms with E-state index in [1.54, 1.807) is 23.5 Å². The molecule has 1 heterocycles. The van der Waals surface area contributed by atoms with Crippen LogP contribution in [0.1, 0.15) is 17.7 Å². The number of halogens is 1. The van der Waals surface area contributed by atoms with Crippen molar-refractivity contribution in [2.45, 2.75) is 24.2 Å². The minimum Gasteiger partial charge on any atom is -0.495 e. The van der Waals surface area contributed by atoms with Crippen molar-refractivity contribution >= 4 is 38.6 Å². The first kappa shape index (κ1) is 21.8. The van der Waals surface area contributed by atoms with Gasteiger partial charge in [0.05, 0.1) is 17.7 Å². The molecule has 9 heteroatoms. The standard InChI is InChI=1S/C21H21FN2O4S2/c1-28-20-12-9-16(23-21(25)6-2-4-17-5-3-13-29-17)14-19(20)24-30(26,27)18-10-7-15(22)8-11-18/h3,5,7-14,24H,2,4,6H2,1H3,(H,23,25). The van der Waals surface area contributed by atoms with E-state index in [2.05, 4.69) is 10.0 Å². The van der Waals surface area contributed by atoms with E-state index in [0.717, 1.165) is 18.6 Å². The molecule has 0 atom stereocenters. The number of sulfonamides is 1. The van der Waals surface area contributed by atoms with Crippen LogP contribution in [0.25, 0.3) is 0 Å². The van der Waals surface area contributed by atoms with Crippen molar-refractivity contribution in [3.63, 3.8) is 0 Å². The highest BCUT2D eigenvalue weighted by atomic mass is 32.2. The molecule has 2 N–H and O–H groups in total. The van der Waals surface area contributed by atoms with Gasteiger partial charge in [-0.1, -0.05) is 6.07 Å². The highest BCUT2D eigenvalue weighted by Gasteiger charge is 2.17. The van der Waals surface area contributed by atoms with Gasteiger partial charge >= 0.3 is 0 Å². The summed E-state index contributed by atoms with van der Waals surface area (Å²) in [5.41, 5.74) is 0.604. The van der Waals surface area contributed by atoms with E-state index >= 15 is 0 Å². The lowest BCUT2D eigenvalue weighted by molar-refractivity contribution is -0.116. The molecule has 6 nitrogen and oxygen atoms in total. The fourth-order valence-corrected chi connectivity index (χ4v) is 4.60. The molecule has 0 spiro atoms. The molecular weight excluding hydrogens is 427 g/mol. The van der Waals surface area contributed by atoms with Gasteiger partial charge in [0.1, 0.15) is 11.6 Å². The molecule has 0 aliphatic carbocycles. The zero-order chi connectivity index (χ0) is 21.6. The maximum absolute atomic E-state index is 13.1. The normalized spacial score (nSPS) is 11.1. The summed E-state index contributed by atoms with van der Waals surface area (Å²) in [5, 5.41) is 4.77. The molecule has 0 unspecified atom stereocenters. The van der Waals surface area contributed by atoms with Gasteiger partial charge in [-0.25, -0.2) is 12.8 Å². The van der Waals surface area contributed by atoms with Gasteiger partial charge in [-0.15, -0.1) is 11.3 Å². The molecule has 0 saturated carbocycles. The van der Waals surface area contributed by atoms with Gasteiger partial charge in [-0.2, -0.15) is 0 Å². The Bertz CT molecular complexity index is 1100. The summed E-state index contributed by atoms with van der Waals surface area (Å²) in [4.78, 5) is 13.4. The second kappa shape index (κ2) is 9.73. The lowest BCUT2D eigenvalue weighted by atomic mass is 10.2. The predicted molar refractivity (Wildman–Crippen MR) is 116 cm³/mol. The van der Waals surface area contributed by atoms with Crippen LogP contribution >= 0.6 is 11.3 Å². The second-order valence-electron chi connectivity index (χ2n) is 6.46. The molecule has 0 radical (unpaired) electrons. The molecule has 0 fully saturated rings. The molecule has 0 aliphatic rings. The topological polar surface area (TPSA) is 84.5 Å². The van der Waals surface area contributed by atoms with Crippen LogP contribution in [0, 0.1) is 5.82 Å². The number of methoxy groups -OCH3 is 1. The lowest BCUT2D eigenvalue weighted by Gasteiger charge is -2.14. The second-order valence-corrected chi connectivity index (χ2v) is 9.17. The van der Waals surface area contributed by atoms with Crippen molar-refractivity contribution in [1.29, 1.82) is 0 Å². The number of carbonyl (C=O) groups excluding carboxylic acids is 1. The Balaban J connectivity index is 1.68. The quantitative estimate of drug-likeness (QED) is 0.499. The van der Waals surface area contributed by atoms with Gasteiger partial charge in [0.25, 0.3) is 10.0 Å². The van der Waals surface area contributed by atoms with Crippen LogP contribution in [0.3, 0.4) is 0 Å².